The van der Waals surface area contributed by atoms with Gasteiger partial charge < -0.3 is 10.0 Å². The van der Waals surface area contributed by atoms with Crippen LogP contribution >= 0.6 is 0 Å². The second-order valence-corrected chi connectivity index (χ2v) is 14.3. The quantitative estimate of drug-likeness (QED) is 0.182. The molecule has 3 heteroatoms. The largest absolute Gasteiger partial charge is 0.478 e. The van der Waals surface area contributed by atoms with Crippen LogP contribution in [0.1, 0.15) is 87.4 Å². The molecular weight excluding hydrogens is 599 g/mol. The van der Waals surface area contributed by atoms with Gasteiger partial charge in [-0.05, 0) is 103 Å². The lowest BCUT2D eigenvalue weighted by molar-refractivity contribution is 0.0698. The predicted molar refractivity (Wildman–Crippen MR) is 204 cm³/mol. The normalized spacial score (nSPS) is 17.4. The maximum absolute atomic E-state index is 12.9. The third-order valence-electron chi connectivity index (χ3n) is 11.7. The van der Waals surface area contributed by atoms with Gasteiger partial charge in [-0.15, -0.1) is 0 Å². The lowest BCUT2D eigenvalue weighted by Gasteiger charge is -2.41. The molecule has 0 unspecified atom stereocenters. The molecule has 0 saturated heterocycles. The molecule has 3 nitrogen and oxygen atoms in total. The van der Waals surface area contributed by atoms with Crippen molar-refractivity contribution in [1.82, 2.24) is 0 Å². The van der Waals surface area contributed by atoms with E-state index in [0.717, 1.165) is 45.3 Å². The molecule has 49 heavy (non-hydrogen) atoms. The minimum atomic E-state index is -0.969. The van der Waals surface area contributed by atoms with Crippen molar-refractivity contribution in [1.29, 1.82) is 0 Å². The third kappa shape index (κ3) is 6.95. The molecule has 3 aliphatic carbocycles. The van der Waals surface area contributed by atoms with Crippen molar-refractivity contribution >= 4 is 23.0 Å². The maximum atomic E-state index is 12.9. The first-order valence-corrected chi connectivity index (χ1v) is 18.6. The Kier molecular flexibility index (Phi) is 10.3. The molecule has 0 heterocycles. The Morgan fingerprint density at radius 2 is 0.959 bits per heavy atom. The van der Waals surface area contributed by atoms with E-state index in [0.29, 0.717) is 11.3 Å². The fourth-order valence-corrected chi connectivity index (χ4v) is 9.52. The van der Waals surface area contributed by atoms with Crippen LogP contribution in [0.3, 0.4) is 0 Å². The number of nitrogens with zero attached hydrogens (tertiary/aromatic N) is 1. The van der Waals surface area contributed by atoms with Gasteiger partial charge in [0.15, 0.2) is 0 Å². The van der Waals surface area contributed by atoms with E-state index in [4.69, 9.17) is 0 Å². The van der Waals surface area contributed by atoms with Crippen LogP contribution in [0.5, 0.6) is 0 Å². The first-order chi connectivity index (χ1) is 24.2. The lowest BCUT2D eigenvalue weighted by Crippen LogP contribution is -2.33. The highest BCUT2D eigenvalue weighted by Crippen LogP contribution is 2.58. The highest BCUT2D eigenvalue weighted by atomic mass is 16.4. The van der Waals surface area contributed by atoms with Crippen LogP contribution < -0.4 is 4.90 Å². The van der Waals surface area contributed by atoms with Crippen molar-refractivity contribution in [3.63, 3.8) is 0 Å². The molecule has 0 atom stereocenters. The van der Waals surface area contributed by atoms with Gasteiger partial charge in [-0.3, -0.25) is 0 Å². The molecule has 0 aliphatic heterocycles. The third-order valence-corrected chi connectivity index (χ3v) is 11.7. The number of anilines is 3. The molecule has 5 aromatic carbocycles. The van der Waals surface area contributed by atoms with Crippen molar-refractivity contribution in [3.8, 4) is 22.3 Å². The Labute approximate surface area is 292 Å². The smallest absolute Gasteiger partial charge is 0.338 e. The molecular formula is C46H49NO2. The van der Waals surface area contributed by atoms with Crippen molar-refractivity contribution in [2.24, 2.45) is 17.3 Å². The van der Waals surface area contributed by atoms with Crippen LogP contribution in [0.15, 0.2) is 133 Å². The van der Waals surface area contributed by atoms with Crippen LogP contribution in [0, 0.1) is 17.3 Å². The summed E-state index contributed by atoms with van der Waals surface area (Å²) in [7, 11) is 0. The summed E-state index contributed by atoms with van der Waals surface area (Å²) in [6.07, 6.45) is 18.8. The van der Waals surface area contributed by atoms with E-state index in [-0.39, 0.29) is 5.56 Å². The summed E-state index contributed by atoms with van der Waals surface area (Å²) in [5, 5.41) is 10.6. The molecule has 0 spiro atoms. The number of carbonyl (C=O) groups is 1. The van der Waals surface area contributed by atoms with E-state index >= 15 is 0 Å². The average molecular weight is 648 g/mol. The summed E-state index contributed by atoms with van der Waals surface area (Å²) >= 11 is 0. The summed E-state index contributed by atoms with van der Waals surface area (Å²) in [6, 6.07) is 43.3. The van der Waals surface area contributed by atoms with Gasteiger partial charge in [0, 0.05) is 16.9 Å². The van der Waals surface area contributed by atoms with Crippen molar-refractivity contribution in [2.75, 3.05) is 4.90 Å². The van der Waals surface area contributed by atoms with Gasteiger partial charge in [-0.1, -0.05) is 142 Å². The zero-order valence-electron chi connectivity index (χ0n) is 28.6. The zero-order valence-corrected chi connectivity index (χ0v) is 28.6. The van der Waals surface area contributed by atoms with Crippen molar-refractivity contribution in [2.45, 2.75) is 77.0 Å². The molecule has 0 radical (unpaired) electrons. The number of rotatable bonds is 8. The topological polar surface area (TPSA) is 40.5 Å². The first kappa shape index (κ1) is 32.9. The van der Waals surface area contributed by atoms with Crippen LogP contribution in [0.2, 0.25) is 0 Å². The summed E-state index contributed by atoms with van der Waals surface area (Å²) < 4.78 is 0. The minimum Gasteiger partial charge on any atom is -0.478 e. The Morgan fingerprint density at radius 3 is 1.41 bits per heavy atom. The molecule has 3 fully saturated rings. The summed E-state index contributed by atoms with van der Waals surface area (Å²) in [5.41, 5.74) is 6.94. The van der Waals surface area contributed by atoms with Gasteiger partial charge in [-0.2, -0.15) is 0 Å². The second-order valence-electron chi connectivity index (χ2n) is 14.3. The van der Waals surface area contributed by atoms with Gasteiger partial charge in [0.25, 0.3) is 0 Å². The van der Waals surface area contributed by atoms with Crippen LogP contribution in [0.25, 0.3) is 22.3 Å². The number of carboxylic acids is 1. The van der Waals surface area contributed by atoms with Gasteiger partial charge in [-0.25, -0.2) is 4.79 Å². The monoisotopic (exact) mass is 647 g/mol. The number of aromatic carboxylic acids is 1. The summed E-state index contributed by atoms with van der Waals surface area (Å²) in [4.78, 5) is 14.9. The minimum absolute atomic E-state index is 0.264. The molecule has 0 amide bonds. The van der Waals surface area contributed by atoms with E-state index < -0.39 is 5.97 Å². The van der Waals surface area contributed by atoms with Gasteiger partial charge in [0.2, 0.25) is 0 Å². The van der Waals surface area contributed by atoms with Crippen molar-refractivity contribution in [3.05, 3.63) is 139 Å². The van der Waals surface area contributed by atoms with Gasteiger partial charge in [0.1, 0.15) is 0 Å². The first-order valence-electron chi connectivity index (χ1n) is 18.6. The summed E-state index contributed by atoms with van der Waals surface area (Å²) in [6.45, 7) is 0. The van der Waals surface area contributed by atoms with Crippen LogP contribution in [0.4, 0.5) is 17.1 Å². The van der Waals surface area contributed by atoms with E-state index in [9.17, 15) is 9.90 Å². The molecule has 3 aliphatic rings. The van der Waals surface area contributed by atoms with Crippen molar-refractivity contribution < 1.29 is 9.90 Å². The van der Waals surface area contributed by atoms with Crippen LogP contribution in [-0.4, -0.2) is 11.1 Å². The molecule has 250 valence electrons. The zero-order chi connectivity index (χ0) is 33.5. The fourth-order valence-electron chi connectivity index (χ4n) is 9.52. The number of carboxylic acid groups (broad SMARTS) is 1. The fraction of sp³-hybridized carbons (Fsp3) is 0.326. The van der Waals surface area contributed by atoms with Crippen LogP contribution in [-0.2, 0) is 0 Å². The van der Waals surface area contributed by atoms with E-state index in [2.05, 4.69) is 0 Å². The number of hydrogen-bond donors (Lipinski definition) is 1. The molecule has 8 rings (SSSR count). The molecule has 0 bridgehead atoms. The number of hydrogen-bond acceptors (Lipinski definition) is 2. The van der Waals surface area contributed by atoms with E-state index in [1.165, 1.54) is 0 Å². The average Bonchev–Trinajstić information content (AvgIpc) is 3.98. The Balaban J connectivity index is 0.000000209. The highest BCUT2D eigenvalue weighted by Gasteiger charge is 2.47. The Bertz CT molecular complexity index is 1730. The number of para-hydroxylation sites is 2. The lowest BCUT2D eigenvalue weighted by atomic mass is 9.64. The number of benzene rings is 5. The predicted octanol–water partition coefficient (Wildman–Crippen LogP) is 13.1. The Morgan fingerprint density at radius 1 is 0.531 bits per heavy atom. The summed E-state index contributed by atoms with van der Waals surface area (Å²) in [5.74, 6) is 1.31. The second kappa shape index (κ2) is 15.3. The van der Waals surface area contributed by atoms with E-state index in [1.54, 1.807) is 77.0 Å². The van der Waals surface area contributed by atoms with E-state index in [1.807, 2.05) is 138 Å². The van der Waals surface area contributed by atoms with Gasteiger partial charge >= 0.3 is 5.97 Å². The van der Waals surface area contributed by atoms with Gasteiger partial charge in [0.05, 0.1) is 11.3 Å². The molecule has 3 saturated carbocycles. The molecule has 5 aromatic rings. The maximum Gasteiger partial charge on any atom is 0.338 e. The SMILES string of the molecule is C1CCC(C2(C3CCCC3)CCCC2)C1.O=C(O)c1c(N(c2ccccc2)c2ccccc2)ccc(-c2ccccc2)c1-c1ccccc1. The highest BCUT2D eigenvalue weighted by molar-refractivity contribution is 6.08. The standard InChI is InChI=1S/C31H23NO2.C15H26/c33-31(34)30-28(32(25-17-9-3-10-18-25)26-19-11-4-12-20-26)22-21-27(23-13-5-1-6-14-23)29(30)24-15-7-2-8-16-24;1-2-8-13(7-1)15(11-5-6-12-15)14-9-3-4-10-14/h1-22H,(H,33,34);13-14H,1-12H2. The molecule has 0 aromatic heterocycles. The Hall–Kier alpha value is -4.63. The molecule has 1 N–H and O–H groups in total.